The number of Topliss-reactive ketones (excluding diaryl/α,β-unsaturated/α-hetero) is 1. The molecule has 0 radical (unpaired) electrons. The van der Waals surface area contributed by atoms with Crippen LogP contribution in [0, 0.1) is 11.7 Å². The van der Waals surface area contributed by atoms with Crippen LogP contribution in [-0.2, 0) is 0 Å². The molecule has 0 amide bonds. The lowest BCUT2D eigenvalue weighted by atomic mass is 10.1. The zero-order valence-electron chi connectivity index (χ0n) is 9.15. The van der Waals surface area contributed by atoms with E-state index in [1.807, 2.05) is 6.92 Å². The molecule has 0 saturated heterocycles. The van der Waals surface area contributed by atoms with E-state index in [1.54, 1.807) is 6.07 Å². The van der Waals surface area contributed by atoms with E-state index < -0.39 is 0 Å². The summed E-state index contributed by atoms with van der Waals surface area (Å²) >= 11 is 1.46. The molecule has 1 unspecified atom stereocenters. The second kappa shape index (κ2) is 6.66. The van der Waals surface area contributed by atoms with Crippen molar-refractivity contribution in [1.29, 1.82) is 0 Å². The third-order valence-corrected chi connectivity index (χ3v) is 3.36. The minimum atomic E-state index is -0.389. The van der Waals surface area contributed by atoms with E-state index >= 15 is 0 Å². The number of rotatable bonds is 6. The Balaban J connectivity index is 2.41. The maximum Gasteiger partial charge on any atom is 0.172 e. The predicted octanol–water partition coefficient (Wildman–Crippen LogP) is 2.37. The first-order chi connectivity index (χ1) is 7.63. The van der Waals surface area contributed by atoms with Crippen LogP contribution in [-0.4, -0.2) is 29.0 Å². The number of ketones is 1. The van der Waals surface area contributed by atoms with Crippen LogP contribution in [0.4, 0.5) is 4.39 Å². The summed E-state index contributed by atoms with van der Waals surface area (Å²) < 4.78 is 12.8. The van der Waals surface area contributed by atoms with Gasteiger partial charge < -0.3 is 5.11 Å². The molecule has 0 aromatic heterocycles. The number of hydrogen-bond donors (Lipinski definition) is 1. The molecule has 0 aliphatic rings. The second-order valence-electron chi connectivity index (χ2n) is 3.74. The van der Waals surface area contributed by atoms with Crippen LogP contribution >= 0.6 is 11.8 Å². The zero-order valence-corrected chi connectivity index (χ0v) is 9.97. The quantitative estimate of drug-likeness (QED) is 0.778. The highest BCUT2D eigenvalue weighted by molar-refractivity contribution is 7.99. The van der Waals surface area contributed by atoms with Crippen molar-refractivity contribution >= 4 is 17.5 Å². The molecule has 2 nitrogen and oxygen atoms in total. The Kier molecular flexibility index (Phi) is 5.49. The van der Waals surface area contributed by atoms with Gasteiger partial charge in [-0.25, -0.2) is 4.39 Å². The first-order valence-corrected chi connectivity index (χ1v) is 6.26. The Bertz CT molecular complexity index is 355. The predicted molar refractivity (Wildman–Crippen MR) is 64.3 cm³/mol. The Morgan fingerprint density at radius 1 is 1.56 bits per heavy atom. The average Bonchev–Trinajstić information content (AvgIpc) is 2.28. The van der Waals surface area contributed by atoms with Gasteiger partial charge in [0.05, 0.1) is 5.75 Å². The highest BCUT2D eigenvalue weighted by Gasteiger charge is 2.08. The number of carbonyl (C=O) groups excluding carboxylic acids is 1. The van der Waals surface area contributed by atoms with Gasteiger partial charge in [0.1, 0.15) is 5.82 Å². The fourth-order valence-electron chi connectivity index (χ4n) is 1.15. The van der Waals surface area contributed by atoms with Crippen LogP contribution in [0.15, 0.2) is 24.3 Å². The van der Waals surface area contributed by atoms with Gasteiger partial charge in [-0.1, -0.05) is 19.1 Å². The molecule has 1 aromatic carbocycles. The van der Waals surface area contributed by atoms with Crippen molar-refractivity contribution in [3.63, 3.8) is 0 Å². The summed E-state index contributed by atoms with van der Waals surface area (Å²) in [5.41, 5.74) is 0.407. The molecule has 0 spiro atoms. The van der Waals surface area contributed by atoms with E-state index in [-0.39, 0.29) is 24.1 Å². The van der Waals surface area contributed by atoms with Crippen molar-refractivity contribution in [2.45, 2.75) is 6.92 Å². The molecule has 1 rings (SSSR count). The molecular formula is C12H15FO2S. The van der Waals surface area contributed by atoms with Crippen molar-refractivity contribution < 1.29 is 14.3 Å². The standard InChI is InChI=1S/C12H15FO2S/c1-9(6-14)7-16-8-12(15)10-3-2-4-11(13)5-10/h2-5,9,14H,6-8H2,1H3. The fourth-order valence-corrected chi connectivity index (χ4v) is 2.13. The maximum atomic E-state index is 12.8. The molecule has 0 aliphatic carbocycles. The van der Waals surface area contributed by atoms with Gasteiger partial charge in [-0.15, -0.1) is 0 Å². The van der Waals surface area contributed by atoms with E-state index in [4.69, 9.17) is 5.11 Å². The van der Waals surface area contributed by atoms with E-state index in [0.29, 0.717) is 11.3 Å². The van der Waals surface area contributed by atoms with E-state index in [9.17, 15) is 9.18 Å². The van der Waals surface area contributed by atoms with Gasteiger partial charge >= 0.3 is 0 Å². The molecule has 0 saturated carbocycles. The number of aliphatic hydroxyl groups excluding tert-OH is 1. The van der Waals surface area contributed by atoms with Gasteiger partial charge in [-0.2, -0.15) is 11.8 Å². The van der Waals surface area contributed by atoms with Crippen LogP contribution in [0.2, 0.25) is 0 Å². The van der Waals surface area contributed by atoms with Gasteiger partial charge in [0.15, 0.2) is 5.78 Å². The third-order valence-electron chi connectivity index (χ3n) is 2.09. The highest BCUT2D eigenvalue weighted by Crippen LogP contribution is 2.12. The summed E-state index contributed by atoms with van der Waals surface area (Å²) in [6, 6.07) is 5.71. The smallest absolute Gasteiger partial charge is 0.172 e. The number of benzene rings is 1. The monoisotopic (exact) mass is 242 g/mol. The molecule has 1 N–H and O–H groups in total. The Labute approximate surface area is 98.9 Å². The minimum absolute atomic E-state index is 0.0744. The number of halogens is 1. The van der Waals surface area contributed by atoms with Crippen molar-refractivity contribution in [2.75, 3.05) is 18.1 Å². The van der Waals surface area contributed by atoms with Gasteiger partial charge in [0.2, 0.25) is 0 Å². The van der Waals surface area contributed by atoms with Crippen LogP contribution < -0.4 is 0 Å². The molecule has 0 aliphatic heterocycles. The van der Waals surface area contributed by atoms with Crippen LogP contribution in [0.5, 0.6) is 0 Å². The molecule has 4 heteroatoms. The second-order valence-corrected chi connectivity index (χ2v) is 4.77. The number of hydrogen-bond acceptors (Lipinski definition) is 3. The average molecular weight is 242 g/mol. The normalized spacial score (nSPS) is 12.4. The third kappa shape index (κ3) is 4.33. The number of thioether (sulfide) groups is 1. The molecule has 0 fully saturated rings. The topological polar surface area (TPSA) is 37.3 Å². The van der Waals surface area contributed by atoms with E-state index in [0.717, 1.165) is 5.75 Å². The largest absolute Gasteiger partial charge is 0.396 e. The van der Waals surface area contributed by atoms with Crippen molar-refractivity contribution in [3.05, 3.63) is 35.6 Å². The van der Waals surface area contributed by atoms with Crippen LogP contribution in [0.3, 0.4) is 0 Å². The van der Waals surface area contributed by atoms with Crippen molar-refractivity contribution in [3.8, 4) is 0 Å². The summed E-state index contributed by atoms with van der Waals surface area (Å²) in [4.78, 5) is 11.6. The molecule has 1 aromatic rings. The summed E-state index contributed by atoms with van der Waals surface area (Å²) in [7, 11) is 0. The molecule has 1 atom stereocenters. The number of aliphatic hydroxyl groups is 1. The Morgan fingerprint density at radius 2 is 2.31 bits per heavy atom. The van der Waals surface area contributed by atoms with Gasteiger partial charge in [-0.05, 0) is 23.8 Å². The summed E-state index contributed by atoms with van der Waals surface area (Å²) in [6.45, 7) is 2.04. The SMILES string of the molecule is CC(CO)CSCC(=O)c1cccc(F)c1. The lowest BCUT2D eigenvalue weighted by Gasteiger charge is -2.06. The van der Waals surface area contributed by atoms with Gasteiger partial charge in [0, 0.05) is 12.2 Å². The molecule has 16 heavy (non-hydrogen) atoms. The zero-order chi connectivity index (χ0) is 12.0. The van der Waals surface area contributed by atoms with E-state index in [2.05, 4.69) is 0 Å². The molecule has 0 heterocycles. The minimum Gasteiger partial charge on any atom is -0.396 e. The number of carbonyl (C=O) groups is 1. The van der Waals surface area contributed by atoms with Crippen LogP contribution in [0.25, 0.3) is 0 Å². The first-order valence-electron chi connectivity index (χ1n) is 5.11. The van der Waals surface area contributed by atoms with E-state index in [1.165, 1.54) is 30.0 Å². The summed E-state index contributed by atoms with van der Waals surface area (Å²) in [5.74, 6) is 0.783. The molecular weight excluding hydrogens is 227 g/mol. The van der Waals surface area contributed by atoms with Gasteiger partial charge in [-0.3, -0.25) is 4.79 Å². The lowest BCUT2D eigenvalue weighted by molar-refractivity contribution is 0.102. The summed E-state index contributed by atoms with van der Waals surface area (Å²) in [6.07, 6.45) is 0. The Morgan fingerprint density at radius 3 is 2.94 bits per heavy atom. The fraction of sp³-hybridized carbons (Fsp3) is 0.417. The van der Waals surface area contributed by atoms with Crippen molar-refractivity contribution in [1.82, 2.24) is 0 Å². The maximum absolute atomic E-state index is 12.8. The van der Waals surface area contributed by atoms with Crippen molar-refractivity contribution in [2.24, 2.45) is 5.92 Å². The summed E-state index contributed by atoms with van der Waals surface area (Å²) in [5, 5.41) is 8.81. The molecule has 88 valence electrons. The molecule has 0 bridgehead atoms. The lowest BCUT2D eigenvalue weighted by Crippen LogP contribution is -2.08. The highest BCUT2D eigenvalue weighted by atomic mass is 32.2. The Hall–Kier alpha value is -0.870. The van der Waals surface area contributed by atoms with Gasteiger partial charge in [0.25, 0.3) is 0 Å². The van der Waals surface area contributed by atoms with Crippen LogP contribution in [0.1, 0.15) is 17.3 Å². The first kappa shape index (κ1) is 13.2.